The summed E-state index contributed by atoms with van der Waals surface area (Å²) in [6, 6.07) is 6.92. The Labute approximate surface area is 92.2 Å². The normalized spacial score (nSPS) is 13.9. The summed E-state index contributed by atoms with van der Waals surface area (Å²) in [7, 11) is 0. The van der Waals surface area contributed by atoms with Gasteiger partial charge in [-0.2, -0.15) is 0 Å². The van der Waals surface area contributed by atoms with Crippen molar-refractivity contribution in [3.05, 3.63) is 47.5 Å². The summed E-state index contributed by atoms with van der Waals surface area (Å²) in [4.78, 5) is 0. The lowest BCUT2D eigenvalue weighted by atomic mass is 10.1. The molecule has 0 atom stereocenters. The standard InChI is InChI=1S/C14H19N/c1-2-3-9-15-11-12-7-8-13-5-4-6-14(13)10-12/h2,7-8,10,15H,1,3-6,9,11H2. The van der Waals surface area contributed by atoms with E-state index in [1.807, 2.05) is 6.08 Å². The first-order chi connectivity index (χ1) is 7.40. The fourth-order valence-electron chi connectivity index (χ4n) is 2.17. The first-order valence-electron chi connectivity index (χ1n) is 5.82. The molecular weight excluding hydrogens is 182 g/mol. The van der Waals surface area contributed by atoms with Crippen LogP contribution in [0.4, 0.5) is 0 Å². The molecule has 1 nitrogen and oxygen atoms in total. The van der Waals surface area contributed by atoms with E-state index in [1.54, 1.807) is 11.1 Å². The molecular formula is C14H19N. The average Bonchev–Trinajstić information content (AvgIpc) is 2.71. The zero-order valence-electron chi connectivity index (χ0n) is 9.26. The first kappa shape index (κ1) is 10.4. The van der Waals surface area contributed by atoms with E-state index in [-0.39, 0.29) is 0 Å². The van der Waals surface area contributed by atoms with Gasteiger partial charge in [0.25, 0.3) is 0 Å². The van der Waals surface area contributed by atoms with Gasteiger partial charge >= 0.3 is 0 Å². The van der Waals surface area contributed by atoms with Crippen LogP contribution in [0.25, 0.3) is 0 Å². The lowest BCUT2D eigenvalue weighted by Gasteiger charge is -2.06. The Hall–Kier alpha value is -1.08. The van der Waals surface area contributed by atoms with Crippen molar-refractivity contribution in [2.45, 2.75) is 32.2 Å². The Morgan fingerprint density at radius 2 is 2.13 bits per heavy atom. The number of fused-ring (bicyclic) bond motifs is 1. The van der Waals surface area contributed by atoms with E-state index in [1.165, 1.54) is 24.8 Å². The summed E-state index contributed by atoms with van der Waals surface area (Å²) in [5.74, 6) is 0. The number of benzene rings is 1. The maximum absolute atomic E-state index is 3.71. The SMILES string of the molecule is C=CCCNCc1ccc2c(c1)CCC2. The summed E-state index contributed by atoms with van der Waals surface area (Å²) in [6.07, 6.45) is 6.89. The predicted octanol–water partition coefficient (Wildman–Crippen LogP) is 2.84. The molecule has 0 bridgehead atoms. The van der Waals surface area contributed by atoms with Crippen LogP contribution in [0, 0.1) is 0 Å². The number of hydrogen-bond acceptors (Lipinski definition) is 1. The van der Waals surface area contributed by atoms with Crippen LogP contribution in [0.3, 0.4) is 0 Å². The van der Waals surface area contributed by atoms with Gasteiger partial charge in [-0.05, 0) is 48.9 Å². The summed E-state index contributed by atoms with van der Waals surface area (Å²) >= 11 is 0. The molecule has 0 saturated carbocycles. The molecule has 1 heteroatoms. The minimum Gasteiger partial charge on any atom is -0.312 e. The fourth-order valence-corrected chi connectivity index (χ4v) is 2.17. The van der Waals surface area contributed by atoms with E-state index < -0.39 is 0 Å². The number of nitrogens with one attached hydrogen (secondary N) is 1. The van der Waals surface area contributed by atoms with Gasteiger partial charge in [-0.15, -0.1) is 6.58 Å². The van der Waals surface area contributed by atoms with Crippen molar-refractivity contribution in [1.29, 1.82) is 0 Å². The molecule has 0 aliphatic heterocycles. The van der Waals surface area contributed by atoms with Crippen LogP contribution in [-0.2, 0) is 19.4 Å². The second kappa shape index (κ2) is 5.13. The number of rotatable bonds is 5. The monoisotopic (exact) mass is 201 g/mol. The maximum Gasteiger partial charge on any atom is 0.0205 e. The van der Waals surface area contributed by atoms with Gasteiger partial charge < -0.3 is 5.32 Å². The second-order valence-electron chi connectivity index (χ2n) is 4.21. The molecule has 1 aromatic carbocycles. The molecule has 0 fully saturated rings. The molecule has 1 aliphatic rings. The second-order valence-corrected chi connectivity index (χ2v) is 4.21. The molecule has 1 aliphatic carbocycles. The van der Waals surface area contributed by atoms with Gasteiger partial charge in [0.1, 0.15) is 0 Å². The van der Waals surface area contributed by atoms with E-state index in [0.29, 0.717) is 0 Å². The van der Waals surface area contributed by atoms with Crippen LogP contribution in [0.1, 0.15) is 29.5 Å². The molecule has 1 N–H and O–H groups in total. The van der Waals surface area contributed by atoms with Gasteiger partial charge in [0.2, 0.25) is 0 Å². The Bertz CT molecular complexity index is 341. The number of aryl methyl sites for hydroxylation is 2. The van der Waals surface area contributed by atoms with E-state index in [9.17, 15) is 0 Å². The summed E-state index contributed by atoms with van der Waals surface area (Å²) in [6.45, 7) is 5.73. The molecule has 0 amide bonds. The van der Waals surface area contributed by atoms with Crippen molar-refractivity contribution in [2.24, 2.45) is 0 Å². The van der Waals surface area contributed by atoms with Gasteiger partial charge in [-0.1, -0.05) is 24.3 Å². The quantitative estimate of drug-likeness (QED) is 0.570. The van der Waals surface area contributed by atoms with Crippen molar-refractivity contribution in [1.82, 2.24) is 5.32 Å². The van der Waals surface area contributed by atoms with Gasteiger partial charge in [0.05, 0.1) is 0 Å². The summed E-state index contributed by atoms with van der Waals surface area (Å²) in [5, 5.41) is 3.42. The average molecular weight is 201 g/mol. The zero-order valence-corrected chi connectivity index (χ0v) is 9.26. The van der Waals surface area contributed by atoms with Crippen LogP contribution < -0.4 is 5.32 Å². The highest BCUT2D eigenvalue weighted by molar-refractivity contribution is 5.35. The largest absolute Gasteiger partial charge is 0.312 e. The van der Waals surface area contributed by atoms with Gasteiger partial charge in [-0.25, -0.2) is 0 Å². The summed E-state index contributed by atoms with van der Waals surface area (Å²) < 4.78 is 0. The van der Waals surface area contributed by atoms with Gasteiger partial charge in [0.15, 0.2) is 0 Å². The van der Waals surface area contributed by atoms with E-state index >= 15 is 0 Å². The van der Waals surface area contributed by atoms with Crippen molar-refractivity contribution < 1.29 is 0 Å². The molecule has 15 heavy (non-hydrogen) atoms. The first-order valence-corrected chi connectivity index (χ1v) is 5.82. The van der Waals surface area contributed by atoms with Crippen LogP contribution >= 0.6 is 0 Å². The van der Waals surface area contributed by atoms with Crippen molar-refractivity contribution in [3.63, 3.8) is 0 Å². The Balaban J connectivity index is 1.89. The van der Waals surface area contributed by atoms with E-state index in [4.69, 9.17) is 0 Å². The minimum atomic E-state index is 0.987. The lowest BCUT2D eigenvalue weighted by molar-refractivity contribution is 0.695. The Morgan fingerprint density at radius 3 is 3.00 bits per heavy atom. The molecule has 0 saturated heterocycles. The molecule has 1 aromatic rings. The Morgan fingerprint density at radius 1 is 1.27 bits per heavy atom. The third-order valence-corrected chi connectivity index (χ3v) is 3.02. The van der Waals surface area contributed by atoms with E-state index in [2.05, 4.69) is 30.1 Å². The Kier molecular flexibility index (Phi) is 3.57. The summed E-state index contributed by atoms with van der Waals surface area (Å²) in [5.41, 5.74) is 4.54. The zero-order chi connectivity index (χ0) is 10.5. The third-order valence-electron chi connectivity index (χ3n) is 3.02. The topological polar surface area (TPSA) is 12.0 Å². The van der Waals surface area contributed by atoms with Crippen LogP contribution in [0.5, 0.6) is 0 Å². The third kappa shape index (κ3) is 2.69. The highest BCUT2D eigenvalue weighted by Gasteiger charge is 2.10. The highest BCUT2D eigenvalue weighted by atomic mass is 14.8. The number of hydrogen-bond donors (Lipinski definition) is 1. The lowest BCUT2D eigenvalue weighted by Crippen LogP contribution is -2.14. The molecule has 0 aromatic heterocycles. The maximum atomic E-state index is 3.71. The van der Waals surface area contributed by atoms with Crippen LogP contribution in [0.15, 0.2) is 30.9 Å². The van der Waals surface area contributed by atoms with Crippen LogP contribution in [0.2, 0.25) is 0 Å². The smallest absolute Gasteiger partial charge is 0.0205 e. The molecule has 80 valence electrons. The molecule has 0 radical (unpaired) electrons. The van der Waals surface area contributed by atoms with Crippen molar-refractivity contribution >= 4 is 0 Å². The fraction of sp³-hybridized carbons (Fsp3) is 0.429. The molecule has 2 rings (SSSR count). The van der Waals surface area contributed by atoms with Gasteiger partial charge in [-0.3, -0.25) is 0 Å². The molecule has 0 unspecified atom stereocenters. The van der Waals surface area contributed by atoms with E-state index in [0.717, 1.165) is 19.5 Å². The van der Waals surface area contributed by atoms with Crippen LogP contribution in [-0.4, -0.2) is 6.54 Å². The van der Waals surface area contributed by atoms with Crippen molar-refractivity contribution in [2.75, 3.05) is 6.54 Å². The predicted molar refractivity (Wildman–Crippen MR) is 65.0 cm³/mol. The van der Waals surface area contributed by atoms with Gasteiger partial charge in [0, 0.05) is 6.54 Å². The van der Waals surface area contributed by atoms with Crippen molar-refractivity contribution in [3.8, 4) is 0 Å². The highest BCUT2D eigenvalue weighted by Crippen LogP contribution is 2.22. The minimum absolute atomic E-state index is 0.987. The molecule has 0 heterocycles. The molecule has 0 spiro atoms.